The van der Waals surface area contributed by atoms with Crippen LogP contribution in [0.3, 0.4) is 0 Å². The zero-order valence-electron chi connectivity index (χ0n) is 22.2. The zero-order chi connectivity index (χ0) is 26.7. The van der Waals surface area contributed by atoms with Gasteiger partial charge in [-0.15, -0.1) is 0 Å². The van der Waals surface area contributed by atoms with Crippen LogP contribution in [0.1, 0.15) is 68.8 Å². The van der Waals surface area contributed by atoms with Crippen molar-refractivity contribution in [3.8, 4) is 0 Å². The van der Waals surface area contributed by atoms with Crippen molar-refractivity contribution in [2.45, 2.75) is 83.1 Å². The number of ketones is 1. The Kier molecular flexibility index (Phi) is 8.52. The summed E-state index contributed by atoms with van der Waals surface area (Å²) in [5, 5.41) is 6.67. The predicted octanol–water partition coefficient (Wildman–Crippen LogP) is 3.28. The minimum absolute atomic E-state index is 0.0943. The SMILES string of the molecule is CC[C@H](C)[C@H](NC(=O)c1ccc(C2CCN(C(C)C)CC2)cc1)C(=O)N1C[C@H](N=[N+]=[N-])[C@H]2OCC(=O)[C@H]21. The number of benzene rings is 1. The van der Waals surface area contributed by atoms with Crippen molar-refractivity contribution in [1.82, 2.24) is 15.1 Å². The molecule has 1 aromatic rings. The van der Waals surface area contributed by atoms with E-state index in [1.54, 1.807) is 0 Å². The summed E-state index contributed by atoms with van der Waals surface area (Å²) in [5.41, 5.74) is 10.6. The number of hydrogen-bond donors (Lipinski definition) is 1. The molecule has 3 fully saturated rings. The van der Waals surface area contributed by atoms with Crippen LogP contribution < -0.4 is 5.32 Å². The van der Waals surface area contributed by atoms with Crippen molar-refractivity contribution >= 4 is 17.6 Å². The molecular formula is C27H38N6O4. The fourth-order valence-electron chi connectivity index (χ4n) is 5.77. The van der Waals surface area contributed by atoms with E-state index in [2.05, 4.69) is 34.1 Å². The molecule has 0 bridgehead atoms. The molecule has 5 atom stereocenters. The fraction of sp³-hybridized carbons (Fsp3) is 0.667. The van der Waals surface area contributed by atoms with E-state index >= 15 is 0 Å². The van der Waals surface area contributed by atoms with Crippen LogP contribution in [0.15, 0.2) is 29.4 Å². The van der Waals surface area contributed by atoms with E-state index in [4.69, 9.17) is 10.3 Å². The Bertz CT molecular complexity index is 1050. The second kappa shape index (κ2) is 11.6. The molecule has 1 aromatic carbocycles. The number of nitrogens with one attached hydrogen (secondary N) is 1. The van der Waals surface area contributed by atoms with E-state index < -0.39 is 24.2 Å². The molecule has 3 aliphatic heterocycles. The quantitative estimate of drug-likeness (QED) is 0.326. The summed E-state index contributed by atoms with van der Waals surface area (Å²) in [6.07, 6.45) is 2.23. The van der Waals surface area contributed by atoms with Gasteiger partial charge >= 0.3 is 0 Å². The lowest BCUT2D eigenvalue weighted by atomic mass is 9.88. The average molecular weight is 511 g/mol. The van der Waals surface area contributed by atoms with E-state index in [9.17, 15) is 14.4 Å². The van der Waals surface area contributed by atoms with Gasteiger partial charge in [-0.05, 0) is 74.8 Å². The highest BCUT2D eigenvalue weighted by Crippen LogP contribution is 2.31. The molecule has 0 spiro atoms. The van der Waals surface area contributed by atoms with Gasteiger partial charge in [0.1, 0.15) is 18.7 Å². The van der Waals surface area contributed by atoms with Gasteiger partial charge in [0.05, 0.1) is 12.1 Å². The van der Waals surface area contributed by atoms with Gasteiger partial charge in [-0.2, -0.15) is 0 Å². The maximum Gasteiger partial charge on any atom is 0.251 e. The Labute approximate surface area is 218 Å². The van der Waals surface area contributed by atoms with Gasteiger partial charge in [0.2, 0.25) is 5.91 Å². The third-order valence-corrected chi connectivity index (χ3v) is 8.31. The minimum Gasteiger partial charge on any atom is -0.367 e. The number of piperidine rings is 1. The van der Waals surface area contributed by atoms with Crippen molar-refractivity contribution in [3.05, 3.63) is 45.8 Å². The molecule has 3 aliphatic rings. The topological polar surface area (TPSA) is 128 Å². The predicted molar refractivity (Wildman–Crippen MR) is 139 cm³/mol. The second-order valence-electron chi connectivity index (χ2n) is 10.8. The van der Waals surface area contributed by atoms with Gasteiger partial charge in [-0.25, -0.2) is 0 Å². The standard InChI is InChI=1S/C27H38N6O4/c1-5-17(4)23(27(36)33-14-21(30-31-28)25-24(33)22(34)15-37-25)29-26(35)20-8-6-18(7-9-20)19-10-12-32(13-11-19)16(2)3/h6-9,16-17,19,21,23-25H,5,10-15H2,1-4H3,(H,29,35)/t17-,21-,23-,24+,25+/m0/s1. The first-order valence-electron chi connectivity index (χ1n) is 13.4. The summed E-state index contributed by atoms with van der Waals surface area (Å²) in [7, 11) is 0. The Hall–Kier alpha value is -2.94. The van der Waals surface area contributed by atoms with Crippen molar-refractivity contribution in [3.63, 3.8) is 0 Å². The van der Waals surface area contributed by atoms with Gasteiger partial charge < -0.3 is 19.9 Å². The number of carbonyl (C=O) groups excluding carboxylic acids is 3. The van der Waals surface area contributed by atoms with E-state index in [0.717, 1.165) is 25.9 Å². The molecule has 0 saturated carbocycles. The van der Waals surface area contributed by atoms with E-state index in [1.807, 2.05) is 38.1 Å². The smallest absolute Gasteiger partial charge is 0.251 e. The molecule has 4 rings (SSSR count). The third kappa shape index (κ3) is 5.66. The van der Waals surface area contributed by atoms with Crippen molar-refractivity contribution < 1.29 is 19.1 Å². The first-order valence-corrected chi connectivity index (χ1v) is 13.4. The van der Waals surface area contributed by atoms with E-state index in [0.29, 0.717) is 23.9 Å². The number of carbonyl (C=O) groups is 3. The van der Waals surface area contributed by atoms with Crippen LogP contribution in [0.25, 0.3) is 10.4 Å². The number of amides is 2. The number of hydrogen-bond acceptors (Lipinski definition) is 6. The lowest BCUT2D eigenvalue weighted by molar-refractivity contribution is -0.139. The number of nitrogens with zero attached hydrogens (tertiary/aromatic N) is 5. The highest BCUT2D eigenvalue weighted by Gasteiger charge is 2.53. The van der Waals surface area contributed by atoms with Crippen LogP contribution >= 0.6 is 0 Å². The van der Waals surface area contributed by atoms with Crippen LogP contribution in [-0.4, -0.2) is 83.9 Å². The average Bonchev–Trinajstić information content (AvgIpc) is 3.47. The number of Topliss-reactive ketones (excluding diaryl/α,β-unsaturated/α-hetero) is 1. The van der Waals surface area contributed by atoms with Crippen LogP contribution in [0.2, 0.25) is 0 Å². The fourth-order valence-corrected chi connectivity index (χ4v) is 5.77. The Morgan fingerprint density at radius 1 is 1.19 bits per heavy atom. The van der Waals surface area contributed by atoms with E-state index in [1.165, 1.54) is 10.5 Å². The Balaban J connectivity index is 1.45. The summed E-state index contributed by atoms with van der Waals surface area (Å²) in [5.74, 6) is -0.550. The van der Waals surface area contributed by atoms with Crippen molar-refractivity contribution in [1.29, 1.82) is 0 Å². The van der Waals surface area contributed by atoms with Crippen molar-refractivity contribution in [2.24, 2.45) is 11.0 Å². The second-order valence-corrected chi connectivity index (χ2v) is 10.8. The zero-order valence-corrected chi connectivity index (χ0v) is 22.2. The van der Waals surface area contributed by atoms with Gasteiger partial charge in [-0.3, -0.25) is 14.4 Å². The van der Waals surface area contributed by atoms with Gasteiger partial charge in [0, 0.05) is 23.1 Å². The lowest BCUT2D eigenvalue weighted by Gasteiger charge is -2.34. The summed E-state index contributed by atoms with van der Waals surface area (Å²) in [6, 6.07) is 6.04. The number of fused-ring (bicyclic) bond motifs is 1. The molecule has 3 heterocycles. The van der Waals surface area contributed by atoms with Crippen LogP contribution in [-0.2, 0) is 14.3 Å². The monoisotopic (exact) mass is 510 g/mol. The summed E-state index contributed by atoms with van der Waals surface area (Å²) in [6.45, 7) is 10.5. The first kappa shape index (κ1) is 27.1. The lowest BCUT2D eigenvalue weighted by Crippen LogP contribution is -2.54. The number of likely N-dealkylation sites (tertiary alicyclic amines) is 2. The van der Waals surface area contributed by atoms with Gasteiger partial charge in [-0.1, -0.05) is 37.5 Å². The molecule has 10 nitrogen and oxygen atoms in total. The number of ether oxygens (including phenoxy) is 1. The van der Waals surface area contributed by atoms with Gasteiger partial charge in [0.15, 0.2) is 5.78 Å². The first-order chi connectivity index (χ1) is 17.7. The molecule has 200 valence electrons. The van der Waals surface area contributed by atoms with Crippen LogP contribution in [0.5, 0.6) is 0 Å². The molecule has 10 heteroatoms. The molecular weight excluding hydrogens is 472 g/mol. The highest BCUT2D eigenvalue weighted by molar-refractivity contribution is 5.99. The highest BCUT2D eigenvalue weighted by atomic mass is 16.5. The maximum absolute atomic E-state index is 13.7. The van der Waals surface area contributed by atoms with Crippen LogP contribution in [0, 0.1) is 5.92 Å². The molecule has 37 heavy (non-hydrogen) atoms. The minimum atomic E-state index is -0.809. The largest absolute Gasteiger partial charge is 0.367 e. The molecule has 3 saturated heterocycles. The summed E-state index contributed by atoms with van der Waals surface area (Å²) >= 11 is 0. The molecule has 1 N–H and O–H groups in total. The van der Waals surface area contributed by atoms with Gasteiger partial charge in [0.25, 0.3) is 5.91 Å². The number of azide groups is 1. The Morgan fingerprint density at radius 2 is 1.86 bits per heavy atom. The third-order valence-electron chi connectivity index (χ3n) is 8.31. The molecule has 0 aliphatic carbocycles. The van der Waals surface area contributed by atoms with Crippen LogP contribution in [0.4, 0.5) is 0 Å². The van der Waals surface area contributed by atoms with Crippen molar-refractivity contribution in [2.75, 3.05) is 26.2 Å². The maximum atomic E-state index is 13.7. The molecule has 0 radical (unpaired) electrons. The summed E-state index contributed by atoms with van der Waals surface area (Å²) < 4.78 is 5.53. The Morgan fingerprint density at radius 3 is 2.46 bits per heavy atom. The van der Waals surface area contributed by atoms with E-state index in [-0.39, 0.29) is 36.7 Å². The normalized spacial score (nSPS) is 26.0. The summed E-state index contributed by atoms with van der Waals surface area (Å²) in [4.78, 5) is 46.1. The molecule has 0 aromatic heterocycles. The molecule has 2 amide bonds. The number of rotatable bonds is 8. The molecule has 0 unspecified atom stereocenters.